The summed E-state index contributed by atoms with van der Waals surface area (Å²) >= 11 is 5.61. The fraction of sp³-hybridized carbons (Fsp3) is 0.308. The van der Waals surface area contributed by atoms with Crippen LogP contribution in [0.2, 0.25) is 5.02 Å². The fourth-order valence-electron chi connectivity index (χ4n) is 1.87. The number of hydrogen-bond donors (Lipinski definition) is 1. The van der Waals surface area contributed by atoms with Crippen molar-refractivity contribution < 1.29 is 18.0 Å². The summed E-state index contributed by atoms with van der Waals surface area (Å²) in [6.07, 6.45) is 0.136. The highest BCUT2D eigenvalue weighted by atomic mass is 35.5. The molecule has 0 bridgehead atoms. The van der Waals surface area contributed by atoms with Crippen molar-refractivity contribution in [2.75, 3.05) is 0 Å². The predicted molar refractivity (Wildman–Crippen MR) is 66.7 cm³/mol. The molecule has 2 rings (SSSR count). The van der Waals surface area contributed by atoms with Crippen molar-refractivity contribution in [1.29, 1.82) is 0 Å². The molecule has 0 spiro atoms. The highest BCUT2D eigenvalue weighted by molar-refractivity contribution is 6.31. The van der Waals surface area contributed by atoms with Crippen LogP contribution in [0.1, 0.15) is 24.0 Å². The maximum absolute atomic E-state index is 12.5. The molecule has 0 saturated carbocycles. The maximum Gasteiger partial charge on any atom is 0.417 e. The number of rotatable bonds is 2. The first-order valence-corrected chi connectivity index (χ1v) is 6.08. The van der Waals surface area contributed by atoms with E-state index in [0.717, 1.165) is 6.07 Å². The largest absolute Gasteiger partial charge is 0.417 e. The van der Waals surface area contributed by atoms with Crippen molar-refractivity contribution in [1.82, 2.24) is 5.32 Å². The SMILES string of the molecule is O=C1CC[C@H](/C=C/c2ccc(C(F)(F)F)c(Cl)c2)N1. The minimum Gasteiger partial charge on any atom is -0.350 e. The molecule has 1 aromatic rings. The van der Waals surface area contributed by atoms with Crippen LogP contribution < -0.4 is 5.32 Å². The Morgan fingerprint density at radius 3 is 2.63 bits per heavy atom. The molecule has 1 aromatic carbocycles. The quantitative estimate of drug-likeness (QED) is 0.884. The Kier molecular flexibility index (Phi) is 3.85. The molecule has 1 aliphatic rings. The second-order valence-electron chi connectivity index (χ2n) is 4.31. The van der Waals surface area contributed by atoms with Crippen LogP contribution in [0.4, 0.5) is 13.2 Å². The van der Waals surface area contributed by atoms with Crippen molar-refractivity contribution in [2.45, 2.75) is 25.1 Å². The average Bonchev–Trinajstić information content (AvgIpc) is 2.71. The number of benzene rings is 1. The molecule has 1 atom stereocenters. The van der Waals surface area contributed by atoms with Gasteiger partial charge < -0.3 is 5.32 Å². The van der Waals surface area contributed by atoms with Gasteiger partial charge in [-0.2, -0.15) is 13.2 Å². The van der Waals surface area contributed by atoms with Crippen LogP contribution in [0, 0.1) is 0 Å². The topological polar surface area (TPSA) is 29.1 Å². The standard InChI is InChI=1S/C13H11ClF3NO/c14-11-7-8(2-5-10(11)13(15,16)17)1-3-9-4-6-12(19)18-9/h1-3,5,7,9H,4,6H2,(H,18,19)/b3-1+/t9-/m0/s1. The van der Waals surface area contributed by atoms with Gasteiger partial charge >= 0.3 is 6.18 Å². The van der Waals surface area contributed by atoms with E-state index in [-0.39, 0.29) is 17.0 Å². The molecule has 19 heavy (non-hydrogen) atoms. The lowest BCUT2D eigenvalue weighted by atomic mass is 10.1. The number of halogens is 4. The summed E-state index contributed by atoms with van der Waals surface area (Å²) in [6, 6.07) is 3.50. The summed E-state index contributed by atoms with van der Waals surface area (Å²) in [5.41, 5.74) is -0.278. The Labute approximate surface area is 113 Å². The molecule has 0 aromatic heterocycles. The van der Waals surface area contributed by atoms with Gasteiger partial charge in [-0.3, -0.25) is 4.79 Å². The second-order valence-corrected chi connectivity index (χ2v) is 4.72. The number of amides is 1. The lowest BCUT2D eigenvalue weighted by Gasteiger charge is -2.09. The van der Waals surface area contributed by atoms with E-state index in [1.165, 1.54) is 12.1 Å². The third-order valence-electron chi connectivity index (χ3n) is 2.85. The fourth-order valence-corrected chi connectivity index (χ4v) is 2.17. The molecule has 1 aliphatic heterocycles. The second kappa shape index (κ2) is 5.25. The van der Waals surface area contributed by atoms with Gasteiger partial charge in [-0.25, -0.2) is 0 Å². The summed E-state index contributed by atoms with van der Waals surface area (Å²) in [5.74, 6) is -0.0138. The van der Waals surface area contributed by atoms with Crippen LogP contribution in [-0.2, 0) is 11.0 Å². The number of alkyl halides is 3. The Bertz CT molecular complexity index is 525. The molecule has 0 radical (unpaired) electrons. The molecule has 0 aliphatic carbocycles. The minimum absolute atomic E-state index is 0.0138. The molecule has 0 unspecified atom stereocenters. The van der Waals surface area contributed by atoms with Crippen molar-refractivity contribution in [3.8, 4) is 0 Å². The van der Waals surface area contributed by atoms with Gasteiger partial charge in [0.25, 0.3) is 0 Å². The van der Waals surface area contributed by atoms with Crippen LogP contribution in [0.3, 0.4) is 0 Å². The highest BCUT2D eigenvalue weighted by Crippen LogP contribution is 2.35. The van der Waals surface area contributed by atoms with Crippen molar-refractivity contribution in [3.63, 3.8) is 0 Å². The van der Waals surface area contributed by atoms with Gasteiger partial charge in [0.1, 0.15) is 0 Å². The summed E-state index contributed by atoms with van der Waals surface area (Å²) < 4.78 is 37.5. The van der Waals surface area contributed by atoms with E-state index in [4.69, 9.17) is 11.6 Å². The molecule has 1 fully saturated rings. The van der Waals surface area contributed by atoms with Gasteiger partial charge in [0.2, 0.25) is 5.91 Å². The van der Waals surface area contributed by atoms with Crippen molar-refractivity contribution in [2.24, 2.45) is 0 Å². The van der Waals surface area contributed by atoms with Gasteiger partial charge in [0.15, 0.2) is 0 Å². The third kappa shape index (κ3) is 3.50. The highest BCUT2D eigenvalue weighted by Gasteiger charge is 2.32. The summed E-state index contributed by atoms with van der Waals surface area (Å²) in [7, 11) is 0. The monoisotopic (exact) mass is 289 g/mol. The predicted octanol–water partition coefficient (Wildman–Crippen LogP) is 3.65. The van der Waals surface area contributed by atoms with Gasteiger partial charge in [0, 0.05) is 12.5 Å². The number of hydrogen-bond acceptors (Lipinski definition) is 1. The van der Waals surface area contributed by atoms with Crippen molar-refractivity contribution >= 4 is 23.6 Å². The lowest BCUT2D eigenvalue weighted by Crippen LogP contribution is -2.22. The zero-order chi connectivity index (χ0) is 14.0. The number of carbonyl (C=O) groups excluding carboxylic acids is 1. The van der Waals surface area contributed by atoms with Crippen LogP contribution in [0.15, 0.2) is 24.3 Å². The van der Waals surface area contributed by atoms with Crippen LogP contribution >= 0.6 is 11.6 Å². The maximum atomic E-state index is 12.5. The Morgan fingerprint density at radius 2 is 2.11 bits per heavy atom. The smallest absolute Gasteiger partial charge is 0.350 e. The molecule has 102 valence electrons. The van der Waals surface area contributed by atoms with Crippen molar-refractivity contribution in [3.05, 3.63) is 40.4 Å². The van der Waals surface area contributed by atoms with E-state index in [2.05, 4.69) is 5.32 Å². The molecule has 1 amide bonds. The molecular formula is C13H11ClF3NO. The third-order valence-corrected chi connectivity index (χ3v) is 3.16. The molecule has 1 N–H and O–H groups in total. The molecule has 2 nitrogen and oxygen atoms in total. The first-order chi connectivity index (χ1) is 8.86. The molecule has 1 heterocycles. The van der Waals surface area contributed by atoms with E-state index in [1.807, 2.05) is 0 Å². The van der Waals surface area contributed by atoms with Crippen LogP contribution in [0.25, 0.3) is 6.08 Å². The first-order valence-electron chi connectivity index (χ1n) is 5.70. The van der Waals surface area contributed by atoms with E-state index >= 15 is 0 Å². The normalized spacial score (nSPS) is 20.0. The minimum atomic E-state index is -4.45. The van der Waals surface area contributed by atoms with Gasteiger partial charge in [-0.1, -0.05) is 29.8 Å². The summed E-state index contributed by atoms with van der Waals surface area (Å²) in [5, 5.41) is 2.41. The summed E-state index contributed by atoms with van der Waals surface area (Å²) in [4.78, 5) is 11.0. The van der Waals surface area contributed by atoms with E-state index < -0.39 is 11.7 Å². The van der Waals surface area contributed by atoms with Gasteiger partial charge in [0.05, 0.1) is 10.6 Å². The summed E-state index contributed by atoms with van der Waals surface area (Å²) in [6.45, 7) is 0. The molecule has 6 heteroatoms. The molecular weight excluding hydrogens is 279 g/mol. The molecule has 1 saturated heterocycles. The number of nitrogens with one attached hydrogen (secondary N) is 1. The zero-order valence-electron chi connectivity index (χ0n) is 9.80. The number of carbonyl (C=O) groups is 1. The van der Waals surface area contributed by atoms with Crippen LogP contribution in [0.5, 0.6) is 0 Å². The van der Waals surface area contributed by atoms with Gasteiger partial charge in [-0.15, -0.1) is 0 Å². The average molecular weight is 290 g/mol. The Morgan fingerprint density at radius 1 is 1.37 bits per heavy atom. The van der Waals surface area contributed by atoms with E-state index in [0.29, 0.717) is 18.4 Å². The van der Waals surface area contributed by atoms with Gasteiger partial charge in [-0.05, 0) is 24.1 Å². The Balaban J connectivity index is 2.12. The first kappa shape index (κ1) is 13.9. The lowest BCUT2D eigenvalue weighted by molar-refractivity contribution is -0.137. The zero-order valence-corrected chi connectivity index (χ0v) is 10.6. The Hall–Kier alpha value is -1.49. The van der Waals surface area contributed by atoms with E-state index in [1.54, 1.807) is 12.2 Å². The van der Waals surface area contributed by atoms with Crippen LogP contribution in [-0.4, -0.2) is 11.9 Å². The van der Waals surface area contributed by atoms with E-state index in [9.17, 15) is 18.0 Å².